The van der Waals surface area contributed by atoms with Crippen LogP contribution in [0, 0.1) is 5.13 Å². The monoisotopic (exact) mass is 257 g/mol. The van der Waals surface area contributed by atoms with Crippen molar-refractivity contribution in [3.63, 3.8) is 0 Å². The second-order valence-corrected chi connectivity index (χ2v) is 5.97. The van der Waals surface area contributed by atoms with Gasteiger partial charge in [0.15, 0.2) is 5.13 Å². The molecule has 0 bridgehead atoms. The summed E-state index contributed by atoms with van der Waals surface area (Å²) in [6, 6.07) is 10.8. The number of hydrogen-bond acceptors (Lipinski definition) is 3. The Labute approximate surface area is 96.6 Å². The molecule has 1 aromatic heterocycles. The Kier molecular flexibility index (Phi) is 2.93. The minimum absolute atomic E-state index is 0.0335. The molecule has 2 rings (SSSR count). The third-order valence-corrected chi connectivity index (χ3v) is 4.59. The Morgan fingerprint density at radius 3 is 2.31 bits per heavy atom. The average Bonchev–Trinajstić information content (AvgIpc) is 2.66. The first-order valence-electron chi connectivity index (χ1n) is 4.41. The molecule has 0 aliphatic heterocycles. The lowest BCUT2D eigenvalue weighted by molar-refractivity contribution is 0.603. The highest BCUT2D eigenvalue weighted by atomic mass is 32.2. The summed E-state index contributed by atoms with van der Waals surface area (Å²) in [5.41, 5.74) is 0.455. The Morgan fingerprint density at radius 2 is 1.75 bits per heavy atom. The van der Waals surface area contributed by atoms with Gasteiger partial charge in [0.05, 0.1) is 0 Å². The Balaban J connectivity index is 2.28. The topological polar surface area (TPSA) is 46.2 Å². The van der Waals surface area contributed by atoms with Gasteiger partial charge >= 0.3 is 0 Å². The lowest BCUT2D eigenvalue weighted by Gasteiger charge is -2.04. The lowest BCUT2D eigenvalue weighted by atomic mass is 10.3. The number of rotatable bonds is 3. The fraction of sp³-hybridized carbons (Fsp3) is 0. The molecule has 16 heavy (non-hydrogen) atoms. The standard InChI is InChI=1S/C10H8FNO2S2/c11-9-6-7-10(15-9)16(13,14)12-8-4-2-1-3-5-8/h1-7,12H. The zero-order chi connectivity index (χ0) is 11.6. The summed E-state index contributed by atoms with van der Waals surface area (Å²) in [6.45, 7) is 0. The SMILES string of the molecule is O=S(=O)(Nc1ccccc1)c1ccc(F)s1. The van der Waals surface area contributed by atoms with Gasteiger partial charge in [-0.1, -0.05) is 29.5 Å². The van der Waals surface area contributed by atoms with Crippen LogP contribution in [0.4, 0.5) is 10.1 Å². The average molecular weight is 257 g/mol. The largest absolute Gasteiger partial charge is 0.279 e. The molecule has 84 valence electrons. The maximum absolute atomic E-state index is 12.7. The van der Waals surface area contributed by atoms with Crippen LogP contribution in [-0.4, -0.2) is 8.42 Å². The van der Waals surface area contributed by atoms with E-state index in [2.05, 4.69) is 4.72 Å². The molecular formula is C10H8FNO2S2. The van der Waals surface area contributed by atoms with Gasteiger partial charge in [0.25, 0.3) is 10.0 Å². The molecule has 0 atom stereocenters. The van der Waals surface area contributed by atoms with Crippen molar-refractivity contribution in [3.05, 3.63) is 47.6 Å². The van der Waals surface area contributed by atoms with E-state index in [4.69, 9.17) is 0 Å². The first-order chi connectivity index (χ1) is 7.58. The molecule has 6 heteroatoms. The summed E-state index contributed by atoms with van der Waals surface area (Å²) in [5.74, 6) is 0. The maximum atomic E-state index is 12.7. The maximum Gasteiger partial charge on any atom is 0.271 e. The highest BCUT2D eigenvalue weighted by Gasteiger charge is 2.16. The van der Waals surface area contributed by atoms with Crippen LogP contribution < -0.4 is 4.72 Å². The van der Waals surface area contributed by atoms with Crippen molar-refractivity contribution in [2.45, 2.75) is 4.21 Å². The molecule has 3 nitrogen and oxygen atoms in total. The van der Waals surface area contributed by atoms with Gasteiger partial charge in [0, 0.05) is 5.69 Å². The number of halogens is 1. The molecule has 0 aliphatic carbocycles. The number of benzene rings is 1. The molecule has 0 spiro atoms. The van der Waals surface area contributed by atoms with Crippen LogP contribution in [-0.2, 0) is 10.0 Å². The molecule has 0 saturated carbocycles. The summed E-state index contributed by atoms with van der Waals surface area (Å²) in [4.78, 5) is 0. The molecule has 2 aromatic rings. The summed E-state index contributed by atoms with van der Waals surface area (Å²) in [6.07, 6.45) is 0. The van der Waals surface area contributed by atoms with Crippen LogP contribution in [0.5, 0.6) is 0 Å². The number of sulfonamides is 1. The molecule has 0 unspecified atom stereocenters. The van der Waals surface area contributed by atoms with Gasteiger partial charge in [-0.15, -0.1) is 0 Å². The van der Waals surface area contributed by atoms with Crippen LogP contribution in [0.1, 0.15) is 0 Å². The van der Waals surface area contributed by atoms with Gasteiger partial charge in [-0.2, -0.15) is 4.39 Å². The van der Waals surface area contributed by atoms with E-state index in [1.807, 2.05) is 0 Å². The van der Waals surface area contributed by atoms with Crippen molar-refractivity contribution in [3.8, 4) is 0 Å². The molecule has 1 N–H and O–H groups in total. The molecule has 0 fully saturated rings. The number of nitrogens with one attached hydrogen (secondary N) is 1. The van der Waals surface area contributed by atoms with Crippen molar-refractivity contribution in [2.75, 3.05) is 4.72 Å². The van der Waals surface area contributed by atoms with Crippen molar-refractivity contribution >= 4 is 27.0 Å². The second kappa shape index (κ2) is 4.23. The normalized spacial score (nSPS) is 11.3. The van der Waals surface area contributed by atoms with Gasteiger partial charge in [-0.05, 0) is 24.3 Å². The predicted molar refractivity (Wildman–Crippen MR) is 61.5 cm³/mol. The van der Waals surface area contributed by atoms with E-state index in [-0.39, 0.29) is 4.21 Å². The minimum atomic E-state index is -3.66. The van der Waals surface area contributed by atoms with Gasteiger partial charge in [-0.25, -0.2) is 8.42 Å². The van der Waals surface area contributed by atoms with E-state index in [0.29, 0.717) is 17.0 Å². The summed E-state index contributed by atoms with van der Waals surface area (Å²) in [5, 5.41) is -0.520. The van der Waals surface area contributed by atoms with Crippen molar-refractivity contribution < 1.29 is 12.8 Å². The minimum Gasteiger partial charge on any atom is -0.279 e. The zero-order valence-electron chi connectivity index (χ0n) is 8.05. The zero-order valence-corrected chi connectivity index (χ0v) is 9.69. The van der Waals surface area contributed by atoms with Crippen LogP contribution in [0.15, 0.2) is 46.7 Å². The van der Waals surface area contributed by atoms with Gasteiger partial charge in [0.1, 0.15) is 4.21 Å². The molecule has 0 amide bonds. The highest BCUT2D eigenvalue weighted by Crippen LogP contribution is 2.22. The second-order valence-electron chi connectivity index (χ2n) is 3.03. The first kappa shape index (κ1) is 11.1. The summed E-state index contributed by atoms with van der Waals surface area (Å²) >= 11 is 0.597. The van der Waals surface area contributed by atoms with Crippen LogP contribution >= 0.6 is 11.3 Å². The smallest absolute Gasteiger partial charge is 0.271 e. The highest BCUT2D eigenvalue weighted by molar-refractivity contribution is 7.94. The van der Waals surface area contributed by atoms with E-state index in [1.165, 1.54) is 6.07 Å². The van der Waals surface area contributed by atoms with Gasteiger partial charge in [-0.3, -0.25) is 4.72 Å². The predicted octanol–water partition coefficient (Wildman–Crippen LogP) is 2.69. The van der Waals surface area contributed by atoms with Crippen LogP contribution in [0.3, 0.4) is 0 Å². The van der Waals surface area contributed by atoms with E-state index >= 15 is 0 Å². The van der Waals surface area contributed by atoms with E-state index in [0.717, 1.165) is 6.07 Å². The molecule has 0 aliphatic rings. The van der Waals surface area contributed by atoms with E-state index in [1.54, 1.807) is 30.3 Å². The van der Waals surface area contributed by atoms with Crippen molar-refractivity contribution in [2.24, 2.45) is 0 Å². The third-order valence-electron chi connectivity index (χ3n) is 1.84. The number of anilines is 1. The van der Waals surface area contributed by atoms with Gasteiger partial charge < -0.3 is 0 Å². The number of para-hydroxylation sites is 1. The Bertz CT molecular complexity index is 578. The fourth-order valence-electron chi connectivity index (χ4n) is 1.15. The lowest BCUT2D eigenvalue weighted by Crippen LogP contribution is -2.11. The van der Waals surface area contributed by atoms with E-state index in [9.17, 15) is 12.8 Å². The van der Waals surface area contributed by atoms with Gasteiger partial charge in [0.2, 0.25) is 0 Å². The molecule has 1 aromatic carbocycles. The molecule has 0 radical (unpaired) electrons. The third kappa shape index (κ3) is 2.40. The fourth-order valence-corrected chi connectivity index (χ4v) is 3.21. The van der Waals surface area contributed by atoms with Crippen LogP contribution in [0.25, 0.3) is 0 Å². The molecular weight excluding hydrogens is 249 g/mol. The van der Waals surface area contributed by atoms with Crippen molar-refractivity contribution in [1.82, 2.24) is 0 Å². The molecule has 1 heterocycles. The van der Waals surface area contributed by atoms with E-state index < -0.39 is 15.2 Å². The van der Waals surface area contributed by atoms with Crippen molar-refractivity contribution in [1.29, 1.82) is 0 Å². The Morgan fingerprint density at radius 1 is 1.06 bits per heavy atom. The number of thiophene rings is 1. The molecule has 0 saturated heterocycles. The Hall–Kier alpha value is -1.40. The van der Waals surface area contributed by atoms with Crippen LogP contribution in [0.2, 0.25) is 0 Å². The summed E-state index contributed by atoms with van der Waals surface area (Å²) < 4.78 is 38.5. The number of hydrogen-bond donors (Lipinski definition) is 1. The first-order valence-corrected chi connectivity index (χ1v) is 6.71. The summed E-state index contributed by atoms with van der Waals surface area (Å²) in [7, 11) is -3.66. The quantitative estimate of drug-likeness (QED) is 0.919.